The van der Waals surface area contributed by atoms with Crippen LogP contribution >= 0.6 is 0 Å². The molecule has 0 amide bonds. The summed E-state index contributed by atoms with van der Waals surface area (Å²) in [5, 5.41) is 0. The van der Waals surface area contributed by atoms with E-state index >= 15 is 0 Å². The van der Waals surface area contributed by atoms with Gasteiger partial charge >= 0.3 is 40.0 Å². The van der Waals surface area contributed by atoms with E-state index in [1.807, 2.05) is 52.1 Å². The summed E-state index contributed by atoms with van der Waals surface area (Å²) in [6.45, 7) is 6.50. The maximum atomic E-state index is 8.74. The summed E-state index contributed by atoms with van der Waals surface area (Å²) in [4.78, 5) is 4.00. The molecule has 0 radical (unpaired) electrons. The van der Waals surface area contributed by atoms with Crippen molar-refractivity contribution in [3.8, 4) is 0 Å². The standard InChI is InChI=1S/2C3H9N.C3H5.Na.H2O4S/c2*1-4(2)3;1-3-2;;1-5(2,3)4/h2*1-3H3;3H,1-2H2;;(H2,1,2,3,4)/q;;-1;+1;. The van der Waals surface area contributed by atoms with Crippen LogP contribution in [-0.4, -0.2) is 69.6 Å². The summed E-state index contributed by atoms with van der Waals surface area (Å²) in [7, 11) is 7.33. The van der Waals surface area contributed by atoms with E-state index in [1.54, 1.807) is 0 Å². The Kier molecular flexibility index (Phi) is 38.8. The fourth-order valence-corrected chi connectivity index (χ4v) is 0. The Labute approximate surface area is 129 Å². The predicted molar refractivity (Wildman–Crippen MR) is 69.0 cm³/mol. The SMILES string of the molecule is C=C[CH2-].CN(C)C.CN(C)C.O=S(=O)(O)O.[Na+]. The summed E-state index contributed by atoms with van der Waals surface area (Å²) < 4.78 is 31.6. The third kappa shape index (κ3) is 21300. The van der Waals surface area contributed by atoms with Crippen molar-refractivity contribution in [2.45, 2.75) is 0 Å². The van der Waals surface area contributed by atoms with Crippen LogP contribution in [0, 0.1) is 6.92 Å². The summed E-state index contributed by atoms with van der Waals surface area (Å²) in [5.74, 6) is 0. The van der Waals surface area contributed by atoms with Gasteiger partial charge in [0.15, 0.2) is 0 Å². The third-order valence-electron chi connectivity index (χ3n) is 0. The van der Waals surface area contributed by atoms with Crippen LogP contribution in [-0.2, 0) is 10.4 Å². The van der Waals surface area contributed by atoms with Gasteiger partial charge in [0, 0.05) is 0 Å². The van der Waals surface area contributed by atoms with Crippen molar-refractivity contribution >= 4 is 10.4 Å². The minimum atomic E-state index is -4.67. The summed E-state index contributed by atoms with van der Waals surface area (Å²) in [5.41, 5.74) is 0. The average Bonchev–Trinajstić information content (AvgIpc) is 1.78. The van der Waals surface area contributed by atoms with E-state index in [2.05, 4.69) is 13.5 Å². The zero-order valence-electron chi connectivity index (χ0n) is 12.0. The molecule has 0 aliphatic rings. The van der Waals surface area contributed by atoms with E-state index < -0.39 is 10.4 Å². The number of nitrogens with zero attached hydrogens (tertiary/aromatic N) is 2. The van der Waals surface area contributed by atoms with E-state index in [4.69, 9.17) is 17.5 Å². The number of rotatable bonds is 0. The van der Waals surface area contributed by atoms with Gasteiger partial charge in [-0.1, -0.05) is 0 Å². The van der Waals surface area contributed by atoms with Crippen LogP contribution in [0.1, 0.15) is 0 Å². The van der Waals surface area contributed by atoms with Crippen LogP contribution in [0.5, 0.6) is 0 Å². The number of allylic oxidation sites excluding steroid dienone is 1. The molecule has 0 saturated carbocycles. The van der Waals surface area contributed by atoms with Gasteiger partial charge < -0.3 is 9.80 Å². The van der Waals surface area contributed by atoms with E-state index in [0.29, 0.717) is 0 Å². The molecule has 17 heavy (non-hydrogen) atoms. The van der Waals surface area contributed by atoms with Gasteiger partial charge in [0.1, 0.15) is 0 Å². The van der Waals surface area contributed by atoms with E-state index in [1.165, 1.54) is 6.08 Å². The molecule has 0 aliphatic carbocycles. The van der Waals surface area contributed by atoms with E-state index in [-0.39, 0.29) is 29.6 Å². The van der Waals surface area contributed by atoms with Gasteiger partial charge in [0.05, 0.1) is 0 Å². The molecular formula is C9H25N2NaO4S. The third-order valence-corrected chi connectivity index (χ3v) is 0. The summed E-state index contributed by atoms with van der Waals surface area (Å²) >= 11 is 0. The van der Waals surface area contributed by atoms with Crippen LogP contribution in [0.15, 0.2) is 12.7 Å². The zero-order valence-corrected chi connectivity index (χ0v) is 14.8. The largest absolute Gasteiger partial charge is 1.00 e. The predicted octanol–water partition coefficient (Wildman–Crippen LogP) is -2.29. The molecule has 8 heteroatoms. The van der Waals surface area contributed by atoms with E-state index in [0.717, 1.165) is 0 Å². The molecule has 0 saturated heterocycles. The second kappa shape index (κ2) is 21.7. The number of hydrogen-bond donors (Lipinski definition) is 2. The molecular weight excluding hydrogens is 255 g/mol. The Morgan fingerprint density at radius 3 is 1.00 bits per heavy atom. The second-order valence-electron chi connectivity index (χ2n) is 3.42. The monoisotopic (exact) mass is 280 g/mol. The van der Waals surface area contributed by atoms with Crippen molar-refractivity contribution < 1.29 is 47.1 Å². The topological polar surface area (TPSA) is 81.1 Å². The molecule has 0 aromatic rings. The molecule has 0 rings (SSSR count). The van der Waals surface area contributed by atoms with Crippen molar-refractivity contribution in [3.63, 3.8) is 0 Å². The minimum Gasteiger partial charge on any atom is -0.312 e. The Bertz CT molecular complexity index is 200. The Balaban J connectivity index is -0.0000000375. The molecule has 6 nitrogen and oxygen atoms in total. The fraction of sp³-hybridized carbons (Fsp3) is 0.667. The van der Waals surface area contributed by atoms with Crippen molar-refractivity contribution in [3.05, 3.63) is 19.6 Å². The van der Waals surface area contributed by atoms with Gasteiger partial charge in [-0.15, -0.1) is 0 Å². The first-order valence-corrected chi connectivity index (χ1v) is 5.60. The molecule has 0 heterocycles. The van der Waals surface area contributed by atoms with Crippen molar-refractivity contribution in [2.24, 2.45) is 0 Å². The molecule has 0 spiro atoms. The Hall–Kier alpha value is 0.400. The first-order valence-electron chi connectivity index (χ1n) is 4.20. The summed E-state index contributed by atoms with van der Waals surface area (Å²) in [6, 6.07) is 0. The maximum Gasteiger partial charge on any atom is 1.00 e. The van der Waals surface area contributed by atoms with Crippen LogP contribution in [0.2, 0.25) is 0 Å². The Morgan fingerprint density at radius 2 is 1.00 bits per heavy atom. The second-order valence-corrected chi connectivity index (χ2v) is 4.32. The van der Waals surface area contributed by atoms with Crippen LogP contribution < -0.4 is 29.6 Å². The van der Waals surface area contributed by atoms with Gasteiger partial charge in [0.25, 0.3) is 0 Å². The minimum absolute atomic E-state index is 0. The van der Waals surface area contributed by atoms with Crippen molar-refractivity contribution in [1.82, 2.24) is 9.80 Å². The molecule has 0 aromatic heterocycles. The zero-order chi connectivity index (χ0) is 14.4. The molecule has 0 aromatic carbocycles. The van der Waals surface area contributed by atoms with Crippen LogP contribution in [0.3, 0.4) is 0 Å². The molecule has 2 N–H and O–H groups in total. The molecule has 0 atom stereocenters. The first kappa shape index (κ1) is 30.4. The van der Waals surface area contributed by atoms with Crippen molar-refractivity contribution in [1.29, 1.82) is 0 Å². The van der Waals surface area contributed by atoms with Gasteiger partial charge in [-0.25, -0.2) is 19.6 Å². The van der Waals surface area contributed by atoms with Gasteiger partial charge in [-0.05, 0) is 42.3 Å². The van der Waals surface area contributed by atoms with Crippen LogP contribution in [0.4, 0.5) is 0 Å². The van der Waals surface area contributed by atoms with Crippen LogP contribution in [0.25, 0.3) is 0 Å². The molecule has 0 unspecified atom stereocenters. The average molecular weight is 280 g/mol. The van der Waals surface area contributed by atoms with Gasteiger partial charge in [0.2, 0.25) is 0 Å². The molecule has 0 bridgehead atoms. The Morgan fingerprint density at radius 1 is 1.00 bits per heavy atom. The smallest absolute Gasteiger partial charge is 0.312 e. The first-order chi connectivity index (χ1) is 6.88. The van der Waals surface area contributed by atoms with Gasteiger partial charge in [-0.3, -0.25) is 9.11 Å². The summed E-state index contributed by atoms with van der Waals surface area (Å²) in [6.07, 6.45) is 1.50. The maximum absolute atomic E-state index is 8.74. The normalized spacial score (nSPS) is 8.35. The van der Waals surface area contributed by atoms with Gasteiger partial charge in [-0.2, -0.15) is 8.42 Å². The molecule has 0 aliphatic heterocycles. The van der Waals surface area contributed by atoms with E-state index in [9.17, 15) is 0 Å². The number of hydrogen-bond acceptors (Lipinski definition) is 4. The quantitative estimate of drug-likeness (QED) is 0.295. The fourth-order valence-electron chi connectivity index (χ4n) is 0. The van der Waals surface area contributed by atoms with Crippen molar-refractivity contribution in [2.75, 3.05) is 42.3 Å². The molecule has 0 fully saturated rings. The molecule has 102 valence electrons.